The van der Waals surface area contributed by atoms with Crippen molar-refractivity contribution in [3.63, 3.8) is 0 Å². The summed E-state index contributed by atoms with van der Waals surface area (Å²) < 4.78 is 0. The van der Waals surface area contributed by atoms with E-state index in [0.29, 0.717) is 0 Å². The van der Waals surface area contributed by atoms with Crippen molar-refractivity contribution in [2.45, 2.75) is 53.9 Å². The SMILES string of the molecule is CCC=CC(=O)C1C(C)=C(C)CCC1(C)C. The van der Waals surface area contributed by atoms with Gasteiger partial charge in [-0.3, -0.25) is 4.79 Å². The lowest BCUT2D eigenvalue weighted by atomic mass is 9.65. The Kier molecular flexibility index (Phi) is 4.12. The molecule has 1 atom stereocenters. The zero-order valence-corrected chi connectivity index (χ0v) is 11.3. The molecule has 0 radical (unpaired) electrons. The van der Waals surface area contributed by atoms with Gasteiger partial charge >= 0.3 is 0 Å². The van der Waals surface area contributed by atoms with Crippen molar-refractivity contribution in [1.29, 1.82) is 0 Å². The maximum absolute atomic E-state index is 12.2. The number of hydrogen-bond acceptors (Lipinski definition) is 1. The molecule has 0 fully saturated rings. The topological polar surface area (TPSA) is 17.1 Å². The summed E-state index contributed by atoms with van der Waals surface area (Å²) in [7, 11) is 0. The van der Waals surface area contributed by atoms with E-state index in [1.54, 1.807) is 6.08 Å². The third kappa shape index (κ3) is 2.63. The molecule has 90 valence electrons. The summed E-state index contributed by atoms with van der Waals surface area (Å²) in [6, 6.07) is 0. The molecule has 0 saturated heterocycles. The van der Waals surface area contributed by atoms with Gasteiger partial charge in [0.1, 0.15) is 0 Å². The van der Waals surface area contributed by atoms with Crippen molar-refractivity contribution < 1.29 is 4.79 Å². The predicted molar refractivity (Wildman–Crippen MR) is 69.3 cm³/mol. The summed E-state index contributed by atoms with van der Waals surface area (Å²) >= 11 is 0. The average Bonchev–Trinajstić information content (AvgIpc) is 2.21. The standard InChI is InChI=1S/C15H24O/c1-6-7-8-13(16)14-12(3)11(2)9-10-15(14,4)5/h7-8,14H,6,9-10H2,1-5H3. The van der Waals surface area contributed by atoms with Crippen molar-refractivity contribution in [3.8, 4) is 0 Å². The molecule has 1 nitrogen and oxygen atoms in total. The van der Waals surface area contributed by atoms with Gasteiger partial charge in [0.25, 0.3) is 0 Å². The maximum atomic E-state index is 12.2. The molecular formula is C15H24O. The fourth-order valence-electron chi connectivity index (χ4n) is 2.61. The van der Waals surface area contributed by atoms with Crippen LogP contribution in [0.2, 0.25) is 0 Å². The van der Waals surface area contributed by atoms with Crippen LogP contribution >= 0.6 is 0 Å². The van der Waals surface area contributed by atoms with Crippen molar-refractivity contribution in [1.82, 2.24) is 0 Å². The average molecular weight is 220 g/mol. The Morgan fingerprint density at radius 2 is 2.06 bits per heavy atom. The first-order chi connectivity index (χ1) is 7.40. The molecule has 0 aromatic rings. The largest absolute Gasteiger partial charge is 0.294 e. The van der Waals surface area contributed by atoms with Crippen molar-refractivity contribution in [3.05, 3.63) is 23.3 Å². The van der Waals surface area contributed by atoms with E-state index in [1.165, 1.54) is 11.1 Å². The number of hydrogen-bond donors (Lipinski definition) is 0. The van der Waals surface area contributed by atoms with Crippen LogP contribution < -0.4 is 0 Å². The minimum absolute atomic E-state index is 0.0871. The highest BCUT2D eigenvalue weighted by Crippen LogP contribution is 2.44. The van der Waals surface area contributed by atoms with E-state index < -0.39 is 0 Å². The van der Waals surface area contributed by atoms with Crippen LogP contribution in [0, 0.1) is 11.3 Å². The number of ketones is 1. The van der Waals surface area contributed by atoms with E-state index >= 15 is 0 Å². The Balaban J connectivity index is 3.01. The van der Waals surface area contributed by atoms with Gasteiger partial charge in [0, 0.05) is 5.92 Å². The van der Waals surface area contributed by atoms with Gasteiger partial charge in [-0.15, -0.1) is 0 Å². The Morgan fingerprint density at radius 1 is 1.44 bits per heavy atom. The van der Waals surface area contributed by atoms with Gasteiger partial charge < -0.3 is 0 Å². The molecule has 0 amide bonds. The van der Waals surface area contributed by atoms with E-state index in [-0.39, 0.29) is 17.1 Å². The lowest BCUT2D eigenvalue weighted by Gasteiger charge is -2.38. The monoisotopic (exact) mass is 220 g/mol. The van der Waals surface area contributed by atoms with Gasteiger partial charge in [-0.2, -0.15) is 0 Å². The first kappa shape index (κ1) is 13.2. The minimum Gasteiger partial charge on any atom is -0.294 e. The van der Waals surface area contributed by atoms with Crippen molar-refractivity contribution >= 4 is 5.78 Å². The first-order valence-electron chi connectivity index (χ1n) is 6.26. The molecule has 1 aliphatic rings. The van der Waals surface area contributed by atoms with Crippen LogP contribution in [-0.4, -0.2) is 5.78 Å². The van der Waals surface area contributed by atoms with Crippen LogP contribution in [0.5, 0.6) is 0 Å². The van der Waals surface area contributed by atoms with Crippen molar-refractivity contribution in [2.75, 3.05) is 0 Å². The van der Waals surface area contributed by atoms with Gasteiger partial charge in [0.2, 0.25) is 0 Å². The predicted octanol–water partition coefficient (Wildman–Crippen LogP) is 4.29. The Morgan fingerprint density at radius 3 is 2.62 bits per heavy atom. The van der Waals surface area contributed by atoms with E-state index in [1.807, 2.05) is 6.08 Å². The van der Waals surface area contributed by atoms with Crippen molar-refractivity contribution in [2.24, 2.45) is 11.3 Å². The third-order valence-electron chi connectivity index (χ3n) is 3.83. The van der Waals surface area contributed by atoms with Crippen LogP contribution in [-0.2, 0) is 4.79 Å². The van der Waals surface area contributed by atoms with E-state index in [0.717, 1.165) is 19.3 Å². The second-order valence-electron chi connectivity index (χ2n) is 5.60. The fourth-order valence-corrected chi connectivity index (χ4v) is 2.61. The molecule has 0 heterocycles. The molecule has 0 aliphatic heterocycles. The zero-order valence-electron chi connectivity index (χ0n) is 11.3. The second-order valence-corrected chi connectivity index (χ2v) is 5.60. The summed E-state index contributed by atoms with van der Waals surface area (Å²) in [5.74, 6) is 0.368. The van der Waals surface area contributed by atoms with Gasteiger partial charge in [0.15, 0.2) is 5.78 Å². The van der Waals surface area contributed by atoms with Crippen LogP contribution in [0.25, 0.3) is 0 Å². The number of carbonyl (C=O) groups is 1. The zero-order chi connectivity index (χ0) is 12.3. The normalized spacial score (nSPS) is 25.2. The molecular weight excluding hydrogens is 196 g/mol. The maximum Gasteiger partial charge on any atom is 0.163 e. The van der Waals surface area contributed by atoms with Crippen LogP contribution in [0.3, 0.4) is 0 Å². The highest BCUT2D eigenvalue weighted by atomic mass is 16.1. The molecule has 1 rings (SSSR count). The summed E-state index contributed by atoms with van der Waals surface area (Å²) in [5.41, 5.74) is 2.81. The first-order valence-corrected chi connectivity index (χ1v) is 6.26. The molecule has 0 saturated carbocycles. The van der Waals surface area contributed by atoms with E-state index in [4.69, 9.17) is 0 Å². The highest BCUT2D eigenvalue weighted by molar-refractivity contribution is 5.94. The summed E-state index contributed by atoms with van der Waals surface area (Å²) in [6.07, 6.45) is 6.93. The summed E-state index contributed by atoms with van der Waals surface area (Å²) in [5, 5.41) is 0. The van der Waals surface area contributed by atoms with E-state index in [2.05, 4.69) is 34.6 Å². The third-order valence-corrected chi connectivity index (χ3v) is 3.83. The Bertz CT molecular complexity index is 331. The second kappa shape index (κ2) is 4.99. The molecule has 0 bridgehead atoms. The van der Waals surface area contributed by atoms with Crippen LogP contribution in [0.4, 0.5) is 0 Å². The van der Waals surface area contributed by atoms with Gasteiger partial charge in [-0.05, 0) is 44.6 Å². The Hall–Kier alpha value is -0.850. The highest BCUT2D eigenvalue weighted by Gasteiger charge is 2.38. The molecule has 0 N–H and O–H groups in total. The minimum atomic E-state index is 0.0871. The molecule has 0 spiro atoms. The van der Waals surface area contributed by atoms with Gasteiger partial charge in [0.05, 0.1) is 0 Å². The number of allylic oxidation sites excluding steroid dienone is 4. The van der Waals surface area contributed by atoms with E-state index in [9.17, 15) is 4.79 Å². The van der Waals surface area contributed by atoms with Gasteiger partial charge in [-0.1, -0.05) is 38.0 Å². The lowest BCUT2D eigenvalue weighted by molar-refractivity contribution is -0.120. The smallest absolute Gasteiger partial charge is 0.163 e. The molecule has 0 aromatic heterocycles. The quantitative estimate of drug-likeness (QED) is 0.512. The summed E-state index contributed by atoms with van der Waals surface area (Å²) in [6.45, 7) is 10.8. The number of rotatable bonds is 3. The molecule has 1 heteroatoms. The number of carbonyl (C=O) groups excluding carboxylic acids is 1. The Labute approximate surface area is 99.6 Å². The molecule has 16 heavy (non-hydrogen) atoms. The molecule has 1 aliphatic carbocycles. The molecule has 0 aromatic carbocycles. The van der Waals surface area contributed by atoms with Gasteiger partial charge in [-0.25, -0.2) is 0 Å². The summed E-state index contributed by atoms with van der Waals surface area (Å²) in [4.78, 5) is 12.2. The van der Waals surface area contributed by atoms with Crippen LogP contribution in [0.15, 0.2) is 23.3 Å². The fraction of sp³-hybridized carbons (Fsp3) is 0.667. The van der Waals surface area contributed by atoms with Crippen LogP contribution in [0.1, 0.15) is 53.9 Å². The molecule has 1 unspecified atom stereocenters. The lowest BCUT2D eigenvalue weighted by Crippen LogP contribution is -2.34.